The number of amides is 1. The van der Waals surface area contributed by atoms with Crippen molar-refractivity contribution in [1.82, 2.24) is 10.3 Å². The van der Waals surface area contributed by atoms with Gasteiger partial charge in [-0.25, -0.2) is 9.78 Å². The van der Waals surface area contributed by atoms with Gasteiger partial charge < -0.3 is 15.0 Å². The number of rotatable bonds is 2. The van der Waals surface area contributed by atoms with E-state index in [1.165, 1.54) is 0 Å². The van der Waals surface area contributed by atoms with Crippen LogP contribution < -0.4 is 10.2 Å². The highest BCUT2D eigenvalue weighted by molar-refractivity contribution is 14.1. The summed E-state index contributed by atoms with van der Waals surface area (Å²) >= 11 is 8.20. The molecule has 1 amide bonds. The lowest BCUT2D eigenvalue weighted by Gasteiger charge is -2.23. The largest absolute Gasteiger partial charge is 0.444 e. The molecule has 1 aliphatic heterocycles. The number of nitrogens with zero attached hydrogens (tertiary/aromatic N) is 2. The van der Waals surface area contributed by atoms with Crippen molar-refractivity contribution in [2.45, 2.75) is 38.8 Å². The summed E-state index contributed by atoms with van der Waals surface area (Å²) in [4.78, 5) is 18.1. The van der Waals surface area contributed by atoms with E-state index in [0.29, 0.717) is 5.15 Å². The molecule has 0 unspecified atom stereocenters. The van der Waals surface area contributed by atoms with Gasteiger partial charge in [0.1, 0.15) is 10.8 Å². The number of halogens is 2. The Morgan fingerprint density at radius 1 is 1.57 bits per heavy atom. The van der Waals surface area contributed by atoms with Gasteiger partial charge in [-0.05, 0) is 55.8 Å². The van der Waals surface area contributed by atoms with Crippen LogP contribution in [0.4, 0.5) is 10.5 Å². The standard InChI is InChI=1S/C14H19ClIN3O2/c1-14(2,3)21-13(20)18-9-4-5-19(8-9)11-6-12(15)17-7-10(11)16/h6-7,9H,4-5,8H2,1-3H3,(H,18,20)/t9-/m1/s1. The summed E-state index contributed by atoms with van der Waals surface area (Å²) in [7, 11) is 0. The van der Waals surface area contributed by atoms with E-state index in [4.69, 9.17) is 16.3 Å². The van der Waals surface area contributed by atoms with Crippen LogP contribution in [0, 0.1) is 3.57 Å². The Morgan fingerprint density at radius 3 is 2.95 bits per heavy atom. The van der Waals surface area contributed by atoms with E-state index in [-0.39, 0.29) is 12.1 Å². The molecule has 0 bridgehead atoms. The number of nitrogens with one attached hydrogen (secondary N) is 1. The van der Waals surface area contributed by atoms with E-state index in [1.807, 2.05) is 26.8 Å². The maximum Gasteiger partial charge on any atom is 0.407 e. The normalized spacial score (nSPS) is 18.7. The quantitative estimate of drug-likeness (QED) is 0.585. The highest BCUT2D eigenvalue weighted by Gasteiger charge is 2.27. The maximum absolute atomic E-state index is 11.8. The molecule has 0 aliphatic carbocycles. The van der Waals surface area contributed by atoms with Crippen molar-refractivity contribution in [1.29, 1.82) is 0 Å². The average molecular weight is 424 g/mol. The van der Waals surface area contributed by atoms with E-state index in [0.717, 1.165) is 28.8 Å². The van der Waals surface area contributed by atoms with E-state index in [1.54, 1.807) is 6.20 Å². The second-order valence-electron chi connectivity index (χ2n) is 6.04. The molecular formula is C14H19ClIN3O2. The third-order valence-electron chi connectivity index (χ3n) is 3.05. The first-order valence-corrected chi connectivity index (χ1v) is 8.26. The van der Waals surface area contributed by atoms with Crippen molar-refractivity contribution in [2.75, 3.05) is 18.0 Å². The van der Waals surface area contributed by atoms with Crippen LogP contribution in [-0.2, 0) is 4.74 Å². The lowest BCUT2D eigenvalue weighted by molar-refractivity contribution is 0.0509. The third-order valence-corrected chi connectivity index (χ3v) is 4.09. The average Bonchev–Trinajstić information content (AvgIpc) is 2.78. The number of carbonyl (C=O) groups is 1. The molecule has 2 rings (SSSR count). The van der Waals surface area contributed by atoms with Crippen molar-refractivity contribution in [2.24, 2.45) is 0 Å². The fourth-order valence-electron chi connectivity index (χ4n) is 2.22. The molecule has 1 atom stereocenters. The van der Waals surface area contributed by atoms with Gasteiger partial charge in [0.2, 0.25) is 0 Å². The Bertz CT molecular complexity index is 533. The van der Waals surface area contributed by atoms with E-state index < -0.39 is 5.60 Å². The second-order valence-corrected chi connectivity index (χ2v) is 7.59. The van der Waals surface area contributed by atoms with Crippen LogP contribution in [0.2, 0.25) is 5.15 Å². The van der Waals surface area contributed by atoms with Crippen molar-refractivity contribution < 1.29 is 9.53 Å². The number of aromatic nitrogens is 1. The molecule has 1 aromatic rings. The van der Waals surface area contributed by atoms with Gasteiger partial charge in [-0.1, -0.05) is 11.6 Å². The molecule has 0 radical (unpaired) electrons. The van der Waals surface area contributed by atoms with Crippen LogP contribution in [0.3, 0.4) is 0 Å². The highest BCUT2D eigenvalue weighted by Crippen LogP contribution is 2.27. The number of carbonyl (C=O) groups excluding carboxylic acids is 1. The molecule has 1 fully saturated rings. The summed E-state index contributed by atoms with van der Waals surface area (Å²) in [6.45, 7) is 7.19. The molecule has 1 aromatic heterocycles. The minimum absolute atomic E-state index is 0.0857. The highest BCUT2D eigenvalue weighted by atomic mass is 127. The van der Waals surface area contributed by atoms with E-state index in [2.05, 4.69) is 37.8 Å². The second kappa shape index (κ2) is 6.56. The fourth-order valence-corrected chi connectivity index (χ4v) is 3.01. The summed E-state index contributed by atoms with van der Waals surface area (Å²) in [6.07, 6.45) is 2.28. The molecule has 21 heavy (non-hydrogen) atoms. The first kappa shape index (κ1) is 16.6. The Labute approximate surface area is 143 Å². The summed E-state index contributed by atoms with van der Waals surface area (Å²) in [6, 6.07) is 1.95. The molecule has 0 spiro atoms. The van der Waals surface area contributed by atoms with Gasteiger partial charge in [0.05, 0.1) is 15.3 Å². The number of anilines is 1. The number of ether oxygens (including phenoxy) is 1. The molecular weight excluding hydrogens is 405 g/mol. The van der Waals surface area contributed by atoms with Crippen LogP contribution >= 0.6 is 34.2 Å². The van der Waals surface area contributed by atoms with Crippen LogP contribution in [0.25, 0.3) is 0 Å². The molecule has 1 N–H and O–H groups in total. The zero-order valence-electron chi connectivity index (χ0n) is 12.3. The molecule has 0 saturated carbocycles. The van der Waals surface area contributed by atoms with Crippen molar-refractivity contribution >= 4 is 46.0 Å². The number of pyridine rings is 1. The van der Waals surface area contributed by atoms with Gasteiger partial charge in [0.25, 0.3) is 0 Å². The first-order chi connectivity index (χ1) is 9.74. The molecule has 1 saturated heterocycles. The monoisotopic (exact) mass is 423 g/mol. The third kappa shape index (κ3) is 4.88. The van der Waals surface area contributed by atoms with E-state index >= 15 is 0 Å². The summed E-state index contributed by atoms with van der Waals surface area (Å²) in [5.74, 6) is 0. The van der Waals surface area contributed by atoms with Gasteiger partial charge in [-0.2, -0.15) is 0 Å². The Morgan fingerprint density at radius 2 is 2.29 bits per heavy atom. The lowest BCUT2D eigenvalue weighted by atomic mass is 10.2. The topological polar surface area (TPSA) is 54.5 Å². The van der Waals surface area contributed by atoms with E-state index in [9.17, 15) is 4.79 Å². The summed E-state index contributed by atoms with van der Waals surface area (Å²) in [5, 5.41) is 3.40. The van der Waals surface area contributed by atoms with Crippen molar-refractivity contribution in [3.8, 4) is 0 Å². The Hall–Kier alpha value is -0.760. The molecule has 2 heterocycles. The van der Waals surface area contributed by atoms with Crippen molar-refractivity contribution in [3.05, 3.63) is 21.0 Å². The predicted molar refractivity (Wildman–Crippen MR) is 92.0 cm³/mol. The minimum Gasteiger partial charge on any atom is -0.444 e. The zero-order chi connectivity index (χ0) is 15.6. The van der Waals surface area contributed by atoms with Crippen molar-refractivity contribution in [3.63, 3.8) is 0 Å². The summed E-state index contributed by atoms with van der Waals surface area (Å²) < 4.78 is 6.33. The van der Waals surface area contributed by atoms with Crippen LogP contribution in [0.5, 0.6) is 0 Å². The first-order valence-electron chi connectivity index (χ1n) is 6.80. The molecule has 0 aromatic carbocycles. The van der Waals surface area contributed by atoms with Gasteiger partial charge in [-0.15, -0.1) is 0 Å². The Balaban J connectivity index is 1.95. The van der Waals surface area contributed by atoms with Gasteiger partial charge in [0.15, 0.2) is 0 Å². The molecule has 1 aliphatic rings. The smallest absolute Gasteiger partial charge is 0.407 e. The maximum atomic E-state index is 11.8. The summed E-state index contributed by atoms with van der Waals surface area (Å²) in [5.41, 5.74) is 0.584. The van der Waals surface area contributed by atoms with Gasteiger partial charge >= 0.3 is 6.09 Å². The molecule has 116 valence electrons. The Kier molecular flexibility index (Phi) is 5.19. The van der Waals surface area contributed by atoms with Gasteiger partial charge in [0, 0.05) is 19.3 Å². The zero-order valence-corrected chi connectivity index (χ0v) is 15.2. The van der Waals surface area contributed by atoms with Crippen LogP contribution in [-0.4, -0.2) is 35.8 Å². The van der Waals surface area contributed by atoms with Crippen LogP contribution in [0.15, 0.2) is 12.3 Å². The molecule has 5 nitrogen and oxygen atoms in total. The van der Waals surface area contributed by atoms with Gasteiger partial charge in [-0.3, -0.25) is 0 Å². The fraction of sp³-hybridized carbons (Fsp3) is 0.571. The minimum atomic E-state index is -0.476. The molecule has 7 heteroatoms. The number of hydrogen-bond donors (Lipinski definition) is 1. The SMILES string of the molecule is CC(C)(C)OC(=O)N[C@@H]1CCN(c2cc(Cl)ncc2I)C1. The lowest BCUT2D eigenvalue weighted by Crippen LogP contribution is -2.40. The number of alkyl carbamates (subject to hydrolysis) is 1. The number of hydrogen-bond acceptors (Lipinski definition) is 4. The predicted octanol–water partition coefficient (Wildman–Crippen LogP) is 3.44. The van der Waals surface area contributed by atoms with Crippen LogP contribution in [0.1, 0.15) is 27.2 Å².